The van der Waals surface area contributed by atoms with Crippen LogP contribution in [0.4, 0.5) is 0 Å². The summed E-state index contributed by atoms with van der Waals surface area (Å²) in [4.78, 5) is 12.7. The van der Waals surface area contributed by atoms with E-state index in [1.54, 1.807) is 0 Å². The van der Waals surface area contributed by atoms with Crippen LogP contribution in [-0.2, 0) is 13.5 Å². The number of aryl methyl sites for hydroxylation is 2. The molecule has 2 aromatic rings. The minimum absolute atomic E-state index is 0.235. The topological polar surface area (TPSA) is 20.9 Å². The molecule has 16 heavy (non-hydrogen) atoms. The molecule has 3 heteroatoms. The summed E-state index contributed by atoms with van der Waals surface area (Å²) in [6, 6.07) is 9.86. The Bertz CT molecular complexity index is 476. The van der Waals surface area contributed by atoms with E-state index in [2.05, 4.69) is 10.6 Å². The quantitative estimate of drug-likeness (QED) is 0.585. The van der Waals surface area contributed by atoms with Crippen LogP contribution in [0.3, 0.4) is 0 Å². The van der Waals surface area contributed by atoms with Gasteiger partial charge in [0.25, 0.3) is 0 Å². The van der Waals surface area contributed by atoms with Gasteiger partial charge in [-0.25, -0.2) is 4.57 Å². The van der Waals surface area contributed by atoms with Crippen LogP contribution in [0.1, 0.15) is 21.8 Å². The van der Waals surface area contributed by atoms with Gasteiger partial charge in [-0.15, -0.1) is 11.3 Å². The maximum Gasteiger partial charge on any atom is 0.181 e. The summed E-state index contributed by atoms with van der Waals surface area (Å²) in [7, 11) is 2.00. The molecule has 0 atom stereocenters. The number of Topliss-reactive ketones (excluding diaryl/α,β-unsaturated/α-hetero) is 1. The number of thiophene rings is 1. The van der Waals surface area contributed by atoms with Crippen LogP contribution in [0, 0.1) is 0 Å². The Morgan fingerprint density at radius 1 is 1.31 bits per heavy atom. The molecule has 0 aliphatic carbocycles. The van der Waals surface area contributed by atoms with E-state index in [4.69, 9.17) is 0 Å². The monoisotopic (exact) mass is 232 g/mol. The highest BCUT2D eigenvalue weighted by Crippen LogP contribution is 2.12. The van der Waals surface area contributed by atoms with E-state index in [-0.39, 0.29) is 5.78 Å². The van der Waals surface area contributed by atoms with E-state index in [1.165, 1.54) is 17.0 Å². The van der Waals surface area contributed by atoms with Crippen molar-refractivity contribution in [2.45, 2.75) is 12.8 Å². The van der Waals surface area contributed by atoms with Crippen molar-refractivity contribution in [1.29, 1.82) is 0 Å². The van der Waals surface area contributed by atoms with Crippen molar-refractivity contribution < 1.29 is 9.36 Å². The average molecular weight is 232 g/mol. The number of carbonyl (C=O) groups excluding carboxylic acids is 1. The van der Waals surface area contributed by atoms with Gasteiger partial charge in [0, 0.05) is 25.0 Å². The van der Waals surface area contributed by atoms with Gasteiger partial charge in [0.2, 0.25) is 0 Å². The fraction of sp³-hybridized carbons (Fsp3) is 0.231. The predicted molar refractivity (Wildman–Crippen MR) is 64.6 cm³/mol. The molecule has 0 aliphatic heterocycles. The standard InChI is InChI=1S/C13H14NOS/c1-14-9-3-2-5-11(14)7-8-12(15)13-6-4-10-16-13/h2-6,9-10H,7-8H2,1H3/q+1. The van der Waals surface area contributed by atoms with E-state index >= 15 is 0 Å². The van der Waals surface area contributed by atoms with Crippen molar-refractivity contribution in [3.63, 3.8) is 0 Å². The summed E-state index contributed by atoms with van der Waals surface area (Å²) in [6.45, 7) is 0. The molecule has 0 aliphatic rings. The fourth-order valence-corrected chi connectivity index (χ4v) is 2.31. The highest BCUT2D eigenvalue weighted by atomic mass is 32.1. The Morgan fingerprint density at radius 2 is 2.19 bits per heavy atom. The normalized spacial score (nSPS) is 10.3. The molecule has 0 amide bonds. The molecule has 2 rings (SSSR count). The van der Waals surface area contributed by atoms with E-state index in [0.717, 1.165) is 11.3 Å². The Morgan fingerprint density at radius 3 is 2.88 bits per heavy atom. The van der Waals surface area contributed by atoms with Gasteiger partial charge in [-0.3, -0.25) is 4.79 Å². The first-order chi connectivity index (χ1) is 7.77. The van der Waals surface area contributed by atoms with Gasteiger partial charge in [0.15, 0.2) is 17.7 Å². The lowest BCUT2D eigenvalue weighted by Gasteiger charge is -1.98. The molecule has 0 saturated heterocycles. The summed E-state index contributed by atoms with van der Waals surface area (Å²) in [5, 5.41) is 1.94. The van der Waals surface area contributed by atoms with Crippen LogP contribution in [-0.4, -0.2) is 5.78 Å². The average Bonchev–Trinajstić information content (AvgIpc) is 2.81. The van der Waals surface area contributed by atoms with Crippen molar-refractivity contribution in [1.82, 2.24) is 0 Å². The number of hydrogen-bond donors (Lipinski definition) is 0. The van der Waals surface area contributed by atoms with Crippen molar-refractivity contribution in [3.8, 4) is 0 Å². The van der Waals surface area contributed by atoms with Crippen LogP contribution < -0.4 is 4.57 Å². The lowest BCUT2D eigenvalue weighted by molar-refractivity contribution is -0.679. The molecular weight excluding hydrogens is 218 g/mol. The van der Waals surface area contributed by atoms with Crippen LogP contribution in [0.25, 0.3) is 0 Å². The molecule has 82 valence electrons. The van der Waals surface area contributed by atoms with Gasteiger partial charge in [0.1, 0.15) is 7.05 Å². The summed E-state index contributed by atoms with van der Waals surface area (Å²) >= 11 is 1.51. The zero-order valence-corrected chi connectivity index (χ0v) is 10.0. The first-order valence-electron chi connectivity index (χ1n) is 5.27. The van der Waals surface area contributed by atoms with E-state index in [1.807, 2.05) is 42.9 Å². The van der Waals surface area contributed by atoms with Crippen molar-refractivity contribution in [2.24, 2.45) is 7.05 Å². The Kier molecular flexibility index (Phi) is 3.47. The molecule has 2 heterocycles. The third-order valence-corrected chi connectivity index (χ3v) is 3.48. The van der Waals surface area contributed by atoms with Gasteiger partial charge >= 0.3 is 0 Å². The van der Waals surface area contributed by atoms with Crippen LogP contribution in [0.5, 0.6) is 0 Å². The first-order valence-corrected chi connectivity index (χ1v) is 6.15. The molecule has 0 spiro atoms. The zero-order valence-electron chi connectivity index (χ0n) is 9.22. The number of ketones is 1. The fourth-order valence-electron chi connectivity index (χ4n) is 1.62. The van der Waals surface area contributed by atoms with E-state index in [9.17, 15) is 4.79 Å². The minimum atomic E-state index is 0.235. The maximum atomic E-state index is 11.8. The summed E-state index contributed by atoms with van der Waals surface area (Å²) in [6.07, 6.45) is 3.39. The lowest BCUT2D eigenvalue weighted by Crippen LogP contribution is -2.32. The Hall–Kier alpha value is -1.48. The minimum Gasteiger partial charge on any atom is -0.293 e. The van der Waals surface area contributed by atoms with Gasteiger partial charge in [-0.1, -0.05) is 12.1 Å². The van der Waals surface area contributed by atoms with Crippen LogP contribution in [0.15, 0.2) is 41.9 Å². The molecular formula is C13H14NOS+. The molecule has 0 bridgehead atoms. The van der Waals surface area contributed by atoms with E-state index in [0.29, 0.717) is 6.42 Å². The van der Waals surface area contributed by atoms with Crippen molar-refractivity contribution >= 4 is 17.1 Å². The summed E-state index contributed by atoms with van der Waals surface area (Å²) in [5.41, 5.74) is 1.19. The van der Waals surface area contributed by atoms with Gasteiger partial charge in [-0.05, 0) is 11.4 Å². The number of rotatable bonds is 4. The number of pyridine rings is 1. The highest BCUT2D eigenvalue weighted by Gasteiger charge is 2.10. The Labute approximate surface area is 99.2 Å². The number of carbonyl (C=O) groups is 1. The van der Waals surface area contributed by atoms with Crippen LogP contribution in [0.2, 0.25) is 0 Å². The summed E-state index contributed by atoms with van der Waals surface area (Å²) < 4.78 is 2.06. The Balaban J connectivity index is 1.98. The molecule has 2 nitrogen and oxygen atoms in total. The second-order valence-electron chi connectivity index (χ2n) is 3.70. The largest absolute Gasteiger partial charge is 0.293 e. The molecule has 2 aromatic heterocycles. The van der Waals surface area contributed by atoms with Gasteiger partial charge in [0.05, 0.1) is 4.88 Å². The number of nitrogens with zero attached hydrogens (tertiary/aromatic N) is 1. The second kappa shape index (κ2) is 5.03. The first kappa shape index (κ1) is 11.0. The third kappa shape index (κ3) is 2.55. The van der Waals surface area contributed by atoms with Gasteiger partial charge in [-0.2, -0.15) is 0 Å². The molecule has 0 aromatic carbocycles. The zero-order chi connectivity index (χ0) is 11.4. The van der Waals surface area contributed by atoms with E-state index < -0.39 is 0 Å². The predicted octanol–water partition coefficient (Wildman–Crippen LogP) is 2.39. The molecule has 0 N–H and O–H groups in total. The smallest absolute Gasteiger partial charge is 0.181 e. The van der Waals surface area contributed by atoms with Gasteiger partial charge < -0.3 is 0 Å². The number of aromatic nitrogens is 1. The maximum absolute atomic E-state index is 11.8. The summed E-state index contributed by atoms with van der Waals surface area (Å²) in [5.74, 6) is 0.235. The second-order valence-corrected chi connectivity index (χ2v) is 4.65. The molecule has 0 radical (unpaired) electrons. The highest BCUT2D eigenvalue weighted by molar-refractivity contribution is 7.12. The molecule has 0 fully saturated rings. The van der Waals surface area contributed by atoms with Crippen molar-refractivity contribution in [3.05, 3.63) is 52.5 Å². The van der Waals surface area contributed by atoms with Crippen molar-refractivity contribution in [2.75, 3.05) is 0 Å². The number of hydrogen-bond acceptors (Lipinski definition) is 2. The third-order valence-electron chi connectivity index (χ3n) is 2.57. The molecule has 0 unspecified atom stereocenters. The lowest BCUT2D eigenvalue weighted by atomic mass is 10.1. The SMILES string of the molecule is C[n+]1ccccc1CCC(=O)c1cccs1. The van der Waals surface area contributed by atoms with Crippen LogP contribution >= 0.6 is 11.3 Å². The molecule has 0 saturated carbocycles.